The number of unbranched alkanes of at least 4 members (excludes halogenated alkanes) is 1. The molecule has 96 valence electrons. The van der Waals surface area contributed by atoms with E-state index in [2.05, 4.69) is 28.2 Å². The molecule has 0 radical (unpaired) electrons. The molecule has 1 aromatic rings. The number of ether oxygens (including phenoxy) is 1. The summed E-state index contributed by atoms with van der Waals surface area (Å²) in [6, 6.07) is 5.84. The first-order valence-corrected chi connectivity index (χ1v) is 7.13. The zero-order valence-electron chi connectivity index (χ0n) is 10.1. The highest BCUT2D eigenvalue weighted by Gasteiger charge is 1.99. The minimum atomic E-state index is 0.753. The molecular formula is C13H19BrClNO. The van der Waals surface area contributed by atoms with E-state index < -0.39 is 0 Å². The van der Waals surface area contributed by atoms with Gasteiger partial charge in [-0.1, -0.05) is 46.9 Å². The summed E-state index contributed by atoms with van der Waals surface area (Å²) in [5.74, 6) is 0. The predicted molar refractivity (Wildman–Crippen MR) is 76.6 cm³/mol. The van der Waals surface area contributed by atoms with Crippen molar-refractivity contribution < 1.29 is 4.74 Å². The SMILES string of the molecule is CCCCOCCNCc1ccc(Cl)cc1Br. The van der Waals surface area contributed by atoms with Crippen LogP contribution in [0, 0.1) is 0 Å². The van der Waals surface area contributed by atoms with Crippen LogP contribution in [0.3, 0.4) is 0 Å². The molecule has 17 heavy (non-hydrogen) atoms. The average molecular weight is 321 g/mol. The third-order valence-electron chi connectivity index (χ3n) is 2.40. The zero-order chi connectivity index (χ0) is 12.5. The lowest BCUT2D eigenvalue weighted by Crippen LogP contribution is -2.19. The molecule has 0 atom stereocenters. The van der Waals surface area contributed by atoms with Crippen molar-refractivity contribution in [3.8, 4) is 0 Å². The lowest BCUT2D eigenvalue weighted by atomic mass is 10.2. The molecule has 4 heteroatoms. The van der Waals surface area contributed by atoms with Crippen LogP contribution in [0.15, 0.2) is 22.7 Å². The minimum absolute atomic E-state index is 0.753. The van der Waals surface area contributed by atoms with Gasteiger partial charge in [-0.15, -0.1) is 0 Å². The Morgan fingerprint density at radius 3 is 2.88 bits per heavy atom. The summed E-state index contributed by atoms with van der Waals surface area (Å²) in [5.41, 5.74) is 1.21. The Balaban J connectivity index is 2.14. The first-order chi connectivity index (χ1) is 8.24. The van der Waals surface area contributed by atoms with Crippen molar-refractivity contribution in [2.75, 3.05) is 19.8 Å². The van der Waals surface area contributed by atoms with Gasteiger partial charge in [-0.3, -0.25) is 0 Å². The molecule has 0 aliphatic rings. The highest BCUT2D eigenvalue weighted by atomic mass is 79.9. The van der Waals surface area contributed by atoms with Gasteiger partial charge in [-0.05, 0) is 24.1 Å². The van der Waals surface area contributed by atoms with E-state index in [0.717, 1.165) is 42.2 Å². The lowest BCUT2D eigenvalue weighted by molar-refractivity contribution is 0.133. The molecule has 0 bridgehead atoms. The maximum absolute atomic E-state index is 5.88. The minimum Gasteiger partial charge on any atom is -0.380 e. The van der Waals surface area contributed by atoms with Gasteiger partial charge in [0.15, 0.2) is 0 Å². The predicted octanol–water partition coefficient (Wildman–Crippen LogP) is 4.01. The van der Waals surface area contributed by atoms with E-state index in [9.17, 15) is 0 Å². The molecule has 0 unspecified atom stereocenters. The maximum Gasteiger partial charge on any atom is 0.0591 e. The number of benzene rings is 1. The summed E-state index contributed by atoms with van der Waals surface area (Å²) in [6.45, 7) is 5.50. The molecule has 0 aliphatic carbocycles. The number of hydrogen-bond donors (Lipinski definition) is 1. The van der Waals surface area contributed by atoms with Gasteiger partial charge < -0.3 is 10.1 Å². The van der Waals surface area contributed by atoms with Crippen LogP contribution in [0.25, 0.3) is 0 Å². The van der Waals surface area contributed by atoms with Crippen molar-refractivity contribution in [3.05, 3.63) is 33.3 Å². The van der Waals surface area contributed by atoms with Crippen LogP contribution < -0.4 is 5.32 Å². The Morgan fingerprint density at radius 1 is 1.35 bits per heavy atom. The average Bonchev–Trinajstić information content (AvgIpc) is 2.30. The molecule has 0 saturated carbocycles. The fourth-order valence-corrected chi connectivity index (χ4v) is 2.20. The zero-order valence-corrected chi connectivity index (χ0v) is 12.5. The molecule has 0 saturated heterocycles. The number of hydrogen-bond acceptors (Lipinski definition) is 2. The van der Waals surface area contributed by atoms with Crippen LogP contribution in [-0.4, -0.2) is 19.8 Å². The lowest BCUT2D eigenvalue weighted by Gasteiger charge is -2.07. The van der Waals surface area contributed by atoms with Gasteiger partial charge in [0.05, 0.1) is 6.61 Å². The summed E-state index contributed by atoms with van der Waals surface area (Å²) in [7, 11) is 0. The van der Waals surface area contributed by atoms with Crippen LogP contribution in [0.5, 0.6) is 0 Å². The van der Waals surface area contributed by atoms with Gasteiger partial charge in [0.1, 0.15) is 0 Å². The monoisotopic (exact) mass is 319 g/mol. The molecule has 2 nitrogen and oxygen atoms in total. The first kappa shape index (κ1) is 15.0. The number of rotatable bonds is 8. The Bertz CT molecular complexity index is 333. The van der Waals surface area contributed by atoms with Crippen LogP contribution in [0.4, 0.5) is 0 Å². The number of halogens is 2. The molecule has 0 amide bonds. The van der Waals surface area contributed by atoms with Crippen molar-refractivity contribution in [2.24, 2.45) is 0 Å². The Hall–Kier alpha value is -0.0900. The van der Waals surface area contributed by atoms with E-state index in [1.165, 1.54) is 12.0 Å². The topological polar surface area (TPSA) is 21.3 Å². The standard InChI is InChI=1S/C13H19BrClNO/c1-2-3-7-17-8-6-16-10-11-4-5-12(15)9-13(11)14/h4-5,9,16H,2-3,6-8,10H2,1H3. The van der Waals surface area contributed by atoms with E-state index in [1.54, 1.807) is 0 Å². The van der Waals surface area contributed by atoms with Crippen LogP contribution in [0.2, 0.25) is 5.02 Å². The maximum atomic E-state index is 5.88. The summed E-state index contributed by atoms with van der Waals surface area (Å²) >= 11 is 9.37. The van der Waals surface area contributed by atoms with Crippen LogP contribution in [-0.2, 0) is 11.3 Å². The highest BCUT2D eigenvalue weighted by Crippen LogP contribution is 2.21. The van der Waals surface area contributed by atoms with Crippen molar-refractivity contribution in [1.29, 1.82) is 0 Å². The van der Waals surface area contributed by atoms with Crippen LogP contribution >= 0.6 is 27.5 Å². The van der Waals surface area contributed by atoms with E-state index in [1.807, 2.05) is 18.2 Å². The highest BCUT2D eigenvalue weighted by molar-refractivity contribution is 9.10. The second-order valence-corrected chi connectivity index (χ2v) is 5.17. The summed E-state index contributed by atoms with van der Waals surface area (Å²) in [6.07, 6.45) is 2.33. The van der Waals surface area contributed by atoms with Gasteiger partial charge in [0.25, 0.3) is 0 Å². The second-order valence-electron chi connectivity index (χ2n) is 3.88. The largest absolute Gasteiger partial charge is 0.380 e. The summed E-state index contributed by atoms with van der Waals surface area (Å²) < 4.78 is 6.51. The van der Waals surface area contributed by atoms with E-state index in [4.69, 9.17) is 16.3 Å². The van der Waals surface area contributed by atoms with Crippen molar-refractivity contribution in [3.63, 3.8) is 0 Å². The third-order valence-corrected chi connectivity index (χ3v) is 3.37. The first-order valence-electron chi connectivity index (χ1n) is 5.96. The van der Waals surface area contributed by atoms with Gasteiger partial charge in [-0.2, -0.15) is 0 Å². The van der Waals surface area contributed by atoms with E-state index in [-0.39, 0.29) is 0 Å². The Labute approximate surface area is 117 Å². The summed E-state index contributed by atoms with van der Waals surface area (Å²) in [4.78, 5) is 0. The summed E-state index contributed by atoms with van der Waals surface area (Å²) in [5, 5.41) is 4.09. The molecule has 0 heterocycles. The molecule has 0 fully saturated rings. The molecule has 1 aromatic carbocycles. The number of nitrogens with one attached hydrogen (secondary N) is 1. The van der Waals surface area contributed by atoms with E-state index in [0.29, 0.717) is 0 Å². The van der Waals surface area contributed by atoms with Gasteiger partial charge in [-0.25, -0.2) is 0 Å². The van der Waals surface area contributed by atoms with E-state index >= 15 is 0 Å². The fourth-order valence-electron chi connectivity index (χ4n) is 1.38. The molecular weight excluding hydrogens is 302 g/mol. The molecule has 1 rings (SSSR count). The molecule has 0 aromatic heterocycles. The van der Waals surface area contributed by atoms with Crippen LogP contribution in [0.1, 0.15) is 25.3 Å². The van der Waals surface area contributed by atoms with Gasteiger partial charge >= 0.3 is 0 Å². The van der Waals surface area contributed by atoms with Gasteiger partial charge in [0, 0.05) is 29.2 Å². The quantitative estimate of drug-likeness (QED) is 0.731. The molecule has 0 aliphatic heterocycles. The van der Waals surface area contributed by atoms with Crippen molar-refractivity contribution >= 4 is 27.5 Å². The van der Waals surface area contributed by atoms with Gasteiger partial charge in [0.2, 0.25) is 0 Å². The molecule has 0 spiro atoms. The van der Waals surface area contributed by atoms with Crippen molar-refractivity contribution in [2.45, 2.75) is 26.3 Å². The Morgan fingerprint density at radius 2 is 2.18 bits per heavy atom. The Kier molecular flexibility index (Phi) is 7.86. The molecule has 1 N–H and O–H groups in total. The fraction of sp³-hybridized carbons (Fsp3) is 0.538. The normalized spacial score (nSPS) is 10.8. The second kappa shape index (κ2) is 8.92. The smallest absolute Gasteiger partial charge is 0.0591 e. The third kappa shape index (κ3) is 6.41. The van der Waals surface area contributed by atoms with Crippen molar-refractivity contribution in [1.82, 2.24) is 5.32 Å².